The van der Waals surface area contributed by atoms with Gasteiger partial charge in [-0.15, -0.1) is 0 Å². The fourth-order valence-corrected chi connectivity index (χ4v) is 1.79. The summed E-state index contributed by atoms with van der Waals surface area (Å²) in [6.07, 6.45) is -0.435. The van der Waals surface area contributed by atoms with E-state index in [9.17, 15) is 13.2 Å². The van der Waals surface area contributed by atoms with E-state index < -0.39 is 22.5 Å². The zero-order valence-electron chi connectivity index (χ0n) is 11.0. The first-order chi connectivity index (χ1) is 6.41. The number of hydrogen-bond donors (Lipinski definition) is 2. The molecule has 0 heterocycles. The van der Waals surface area contributed by atoms with E-state index in [1.165, 1.54) is 18.2 Å². The van der Waals surface area contributed by atoms with E-state index in [4.69, 9.17) is 9.66 Å². The maximum absolute atomic E-state index is 10.8. The molecule has 0 saturated heterocycles. The van der Waals surface area contributed by atoms with Crippen LogP contribution in [0.1, 0.15) is 8.42 Å². The van der Waals surface area contributed by atoms with Crippen molar-refractivity contribution in [2.24, 2.45) is 0 Å². The second-order valence-corrected chi connectivity index (χ2v) is 4.04. The summed E-state index contributed by atoms with van der Waals surface area (Å²) in [6.45, 7) is 0. The number of benzene rings is 1. The van der Waals surface area contributed by atoms with Gasteiger partial charge in [-0.05, 0) is 11.6 Å². The van der Waals surface area contributed by atoms with E-state index in [2.05, 4.69) is 0 Å². The Hall–Kier alpha value is -0.205. The minimum Gasteiger partial charge on any atom is -1.00 e. The van der Waals surface area contributed by atoms with Crippen molar-refractivity contribution in [1.82, 2.24) is 0 Å². The SMILES string of the molecule is O=C(O)Cc1ccccc1S(=O)(=O)O.[H-].[H-].[Li+].[Li+]. The van der Waals surface area contributed by atoms with Crippen LogP contribution in [0.15, 0.2) is 29.2 Å². The topological polar surface area (TPSA) is 91.7 Å². The maximum atomic E-state index is 10.8. The smallest absolute Gasteiger partial charge is 1.00 e. The van der Waals surface area contributed by atoms with Crippen LogP contribution in [0.3, 0.4) is 0 Å². The molecule has 5 nitrogen and oxygen atoms in total. The minimum atomic E-state index is -4.34. The molecule has 1 rings (SSSR count). The zero-order chi connectivity index (χ0) is 10.8. The number of carbonyl (C=O) groups is 1. The fourth-order valence-electron chi connectivity index (χ4n) is 1.06. The third-order valence-corrected chi connectivity index (χ3v) is 2.55. The summed E-state index contributed by atoms with van der Waals surface area (Å²) < 4.78 is 30.4. The molecule has 0 aliphatic heterocycles. The second-order valence-electron chi connectivity index (χ2n) is 2.65. The van der Waals surface area contributed by atoms with Gasteiger partial charge in [0.15, 0.2) is 0 Å². The van der Waals surface area contributed by atoms with Crippen LogP contribution in [-0.4, -0.2) is 24.0 Å². The first-order valence-electron chi connectivity index (χ1n) is 3.68. The summed E-state index contributed by atoms with van der Waals surface area (Å²) in [6, 6.07) is 5.42. The molecule has 0 fully saturated rings. The van der Waals surface area contributed by atoms with Gasteiger partial charge in [-0.3, -0.25) is 9.35 Å². The van der Waals surface area contributed by atoms with Gasteiger partial charge >= 0.3 is 43.7 Å². The molecule has 0 unspecified atom stereocenters. The monoisotopic (exact) mass is 232 g/mol. The van der Waals surface area contributed by atoms with Gasteiger partial charge in [0.1, 0.15) is 0 Å². The summed E-state index contributed by atoms with van der Waals surface area (Å²) >= 11 is 0. The number of carboxylic acids is 1. The van der Waals surface area contributed by atoms with E-state index >= 15 is 0 Å². The molecule has 80 valence electrons. The maximum Gasteiger partial charge on any atom is 1.00 e. The van der Waals surface area contributed by atoms with Crippen molar-refractivity contribution in [3.63, 3.8) is 0 Å². The van der Waals surface area contributed by atoms with Crippen LogP contribution in [0.25, 0.3) is 0 Å². The van der Waals surface area contributed by atoms with E-state index in [-0.39, 0.29) is 51.0 Å². The van der Waals surface area contributed by atoms with Crippen molar-refractivity contribution in [1.29, 1.82) is 0 Å². The van der Waals surface area contributed by atoms with Gasteiger partial charge in [-0.1, -0.05) is 18.2 Å². The van der Waals surface area contributed by atoms with Gasteiger partial charge in [0.05, 0.1) is 11.3 Å². The molecule has 0 bridgehead atoms. The molecule has 16 heavy (non-hydrogen) atoms. The molecule has 2 N–H and O–H groups in total. The first kappa shape index (κ1) is 18.2. The van der Waals surface area contributed by atoms with Gasteiger partial charge in [0.2, 0.25) is 0 Å². The molecule has 0 radical (unpaired) electrons. The first-order valence-corrected chi connectivity index (χ1v) is 5.12. The summed E-state index contributed by atoms with van der Waals surface area (Å²) in [4.78, 5) is 10.0. The van der Waals surface area contributed by atoms with Gasteiger partial charge in [0, 0.05) is 0 Å². The van der Waals surface area contributed by atoms with Crippen LogP contribution in [-0.2, 0) is 21.3 Å². The Morgan fingerprint density at radius 3 is 2.19 bits per heavy atom. The van der Waals surface area contributed by atoms with Gasteiger partial charge in [-0.25, -0.2) is 0 Å². The van der Waals surface area contributed by atoms with Crippen molar-refractivity contribution in [2.45, 2.75) is 11.3 Å². The molecule has 0 saturated carbocycles. The van der Waals surface area contributed by atoms with Gasteiger partial charge in [-0.2, -0.15) is 8.42 Å². The Labute approximate surface area is 120 Å². The molecular formula is C8H10Li2O5S. The van der Waals surface area contributed by atoms with Crippen molar-refractivity contribution in [2.75, 3.05) is 0 Å². The van der Waals surface area contributed by atoms with E-state index in [0.717, 1.165) is 6.07 Å². The van der Waals surface area contributed by atoms with Crippen molar-refractivity contribution < 1.29 is 63.4 Å². The van der Waals surface area contributed by atoms with E-state index in [1.807, 2.05) is 0 Å². The molecule has 1 aromatic carbocycles. The number of carboxylic acid groups (broad SMARTS) is 1. The van der Waals surface area contributed by atoms with Crippen molar-refractivity contribution in [3.05, 3.63) is 29.8 Å². The molecule has 0 spiro atoms. The van der Waals surface area contributed by atoms with Crippen LogP contribution >= 0.6 is 0 Å². The molecule has 0 amide bonds. The average Bonchev–Trinajstić information content (AvgIpc) is 2.01. The molecule has 0 aliphatic rings. The third kappa shape index (κ3) is 5.22. The molecule has 0 aromatic heterocycles. The van der Waals surface area contributed by atoms with E-state index in [1.54, 1.807) is 0 Å². The average molecular weight is 232 g/mol. The van der Waals surface area contributed by atoms with Crippen LogP contribution in [0.2, 0.25) is 0 Å². The van der Waals surface area contributed by atoms with Crippen molar-refractivity contribution in [3.8, 4) is 0 Å². The zero-order valence-corrected chi connectivity index (χ0v) is 9.86. The summed E-state index contributed by atoms with van der Waals surface area (Å²) in [5.41, 5.74) is 0.0718. The van der Waals surface area contributed by atoms with Crippen LogP contribution in [0, 0.1) is 0 Å². The molecule has 0 aliphatic carbocycles. The predicted molar refractivity (Wildman–Crippen MR) is 49.8 cm³/mol. The Balaban J connectivity index is -0.000000245. The number of rotatable bonds is 3. The molecule has 1 aromatic rings. The largest absolute Gasteiger partial charge is 1.00 e. The van der Waals surface area contributed by atoms with Gasteiger partial charge in [0.25, 0.3) is 10.1 Å². The van der Waals surface area contributed by atoms with Crippen LogP contribution in [0.4, 0.5) is 0 Å². The standard InChI is InChI=1S/C8H8O5S.2Li.2H/c9-8(10)5-6-3-1-2-4-7(6)14(11,12)13;;;;/h1-4H,5H2,(H,9,10)(H,11,12,13);;;;/q;2*+1;2*-1. The number of aliphatic carboxylic acids is 1. The predicted octanol–water partition coefficient (Wildman–Crippen LogP) is -5.21. The van der Waals surface area contributed by atoms with Crippen molar-refractivity contribution >= 4 is 16.1 Å². The summed E-state index contributed by atoms with van der Waals surface area (Å²) in [7, 11) is -4.34. The molecular weight excluding hydrogens is 222 g/mol. The quantitative estimate of drug-likeness (QED) is 0.401. The Morgan fingerprint density at radius 2 is 1.75 bits per heavy atom. The Morgan fingerprint density at radius 1 is 1.25 bits per heavy atom. The summed E-state index contributed by atoms with van der Waals surface area (Å²) in [5, 5.41) is 8.48. The van der Waals surface area contributed by atoms with Crippen LogP contribution < -0.4 is 37.7 Å². The van der Waals surface area contributed by atoms with E-state index in [0.29, 0.717) is 0 Å². The normalized spacial score (nSPS) is 9.81. The third-order valence-electron chi connectivity index (χ3n) is 1.59. The van der Waals surface area contributed by atoms with Gasteiger partial charge < -0.3 is 7.96 Å². The number of hydrogen-bond acceptors (Lipinski definition) is 3. The van der Waals surface area contributed by atoms with Crippen LogP contribution in [0.5, 0.6) is 0 Å². The molecule has 0 atom stereocenters. The molecule has 8 heteroatoms. The summed E-state index contributed by atoms with van der Waals surface area (Å²) in [5.74, 6) is -1.15. The minimum absolute atomic E-state index is 0. The fraction of sp³-hybridized carbons (Fsp3) is 0.125. The Kier molecular flexibility index (Phi) is 8.16. The Bertz CT molecular complexity index is 466. The second kappa shape index (κ2) is 7.19.